The molecule has 0 fully saturated rings. The van der Waals surface area contributed by atoms with Crippen LogP contribution in [0.1, 0.15) is 34.4 Å². The molecule has 0 bridgehead atoms. The van der Waals surface area contributed by atoms with Crippen molar-refractivity contribution in [3.8, 4) is 23.0 Å². The Hall–Kier alpha value is -5.56. The summed E-state index contributed by atoms with van der Waals surface area (Å²) in [5.74, 6) is -6.48. The van der Waals surface area contributed by atoms with E-state index in [0.717, 1.165) is 6.07 Å². The van der Waals surface area contributed by atoms with Gasteiger partial charge in [-0.15, -0.1) is 0 Å². The van der Waals surface area contributed by atoms with Crippen LogP contribution in [0, 0.1) is 10.1 Å². The van der Waals surface area contributed by atoms with Crippen LogP contribution in [0.3, 0.4) is 0 Å². The van der Waals surface area contributed by atoms with Crippen LogP contribution >= 0.6 is 0 Å². The molecule has 16 nitrogen and oxygen atoms in total. The first kappa shape index (κ1) is 21.2. The van der Waals surface area contributed by atoms with E-state index < -0.39 is 153 Å². The number of hydrogen-bond donors (Lipinski definition) is 5. The highest BCUT2D eigenvalue weighted by atomic mass is 32.2. The standard InChI is InChI=1S/C13H10N2O7S.C13H12N2O5S/c14-23(20,21)11-7-8(13(16)17)6-10(15(18)19)12(11)22-9-4-2-1-3-5-9;14-10-6-8(13(16)17)7-11(21(15,18)19)12(10)20-9-4-2-1-3-5-9/h1-7H,(H,16,17)(H2,14,20,21);1-7H,14H2,(H,16,17)(H2,15,18,19)/i2*1D,2D,3D,4D,5D. The first-order chi connectivity index (χ1) is 24.6. The molecule has 0 saturated heterocycles. The molecule has 8 N–H and O–H groups in total. The average molecular weight is 657 g/mol. The fourth-order valence-corrected chi connectivity index (χ4v) is 4.42. The van der Waals surface area contributed by atoms with Gasteiger partial charge in [-0.2, -0.15) is 0 Å². The van der Waals surface area contributed by atoms with E-state index in [0.29, 0.717) is 18.2 Å². The lowest BCUT2D eigenvalue weighted by Gasteiger charge is -2.13. The van der Waals surface area contributed by atoms with Crippen LogP contribution in [-0.4, -0.2) is 43.9 Å². The number of nitro groups is 1. The molecule has 0 radical (unpaired) electrons. The summed E-state index contributed by atoms with van der Waals surface area (Å²) < 4.78 is 134. The molecule has 0 saturated carbocycles. The Morgan fingerprint density at radius 1 is 0.727 bits per heavy atom. The minimum Gasteiger partial charge on any atom is -0.478 e. The van der Waals surface area contributed by atoms with Gasteiger partial charge in [0.05, 0.1) is 35.4 Å². The summed E-state index contributed by atoms with van der Waals surface area (Å²) in [4.78, 5) is 30.5. The lowest BCUT2D eigenvalue weighted by molar-refractivity contribution is -0.385. The van der Waals surface area contributed by atoms with Gasteiger partial charge >= 0.3 is 17.6 Å². The third-order valence-corrected chi connectivity index (χ3v) is 6.62. The van der Waals surface area contributed by atoms with Crippen LogP contribution in [-0.2, 0) is 20.0 Å². The molecule has 4 rings (SSSR count). The zero-order chi connectivity index (χ0) is 41.5. The van der Waals surface area contributed by atoms with Gasteiger partial charge in [0, 0.05) is 6.07 Å². The molecule has 0 spiro atoms. The molecule has 18 heteroatoms. The number of ether oxygens (including phenoxy) is 2. The molecule has 0 heterocycles. The Kier molecular flexibility index (Phi) is 6.34. The van der Waals surface area contributed by atoms with Crippen molar-refractivity contribution in [3.63, 3.8) is 0 Å². The predicted octanol–water partition coefficient (Wildman–Crippen LogP) is 3.14. The van der Waals surface area contributed by atoms with Crippen molar-refractivity contribution in [2.45, 2.75) is 9.79 Å². The molecular formula is C26H22N4O12S2. The molecule has 0 aliphatic rings. The highest BCUT2D eigenvalue weighted by Gasteiger charge is 2.29. The average Bonchev–Trinajstić information content (AvgIpc) is 3.07. The monoisotopic (exact) mass is 656 g/mol. The van der Waals surface area contributed by atoms with Crippen LogP contribution in [0.25, 0.3) is 0 Å². The SMILES string of the molecule is [2H]c1c([2H])c([2H])c(Oc2c(N)cc(C(=O)O)cc2S(N)(=O)=O)c([2H])c1[2H].[2H]c1c([2H])c([2H])c(Oc2c([N+](=O)[O-])cc(C(=O)O)cc2S(N)(=O)=O)c([2H])c1[2H]. The van der Waals surface area contributed by atoms with E-state index in [1.165, 1.54) is 0 Å². The van der Waals surface area contributed by atoms with Gasteiger partial charge in [0.15, 0.2) is 5.75 Å². The van der Waals surface area contributed by atoms with Gasteiger partial charge in [0.1, 0.15) is 21.3 Å². The molecule has 230 valence electrons. The highest BCUT2D eigenvalue weighted by molar-refractivity contribution is 7.89. The number of nitrogens with zero attached hydrogens (tertiary/aromatic N) is 1. The highest BCUT2D eigenvalue weighted by Crippen LogP contribution is 2.38. The molecule has 0 aromatic heterocycles. The molecular weight excluding hydrogens is 624 g/mol. The summed E-state index contributed by atoms with van der Waals surface area (Å²) in [5, 5.41) is 39.4. The number of carbonyl (C=O) groups is 2. The zero-order valence-electron chi connectivity index (χ0n) is 31.3. The van der Waals surface area contributed by atoms with Crippen LogP contribution < -0.4 is 25.5 Å². The number of carboxylic acid groups (broad SMARTS) is 2. The van der Waals surface area contributed by atoms with Crippen molar-refractivity contribution >= 4 is 43.4 Å². The molecule has 4 aromatic carbocycles. The van der Waals surface area contributed by atoms with E-state index in [4.69, 9.17) is 49.4 Å². The fourth-order valence-electron chi connectivity index (χ4n) is 3.01. The number of sulfonamides is 2. The van der Waals surface area contributed by atoms with E-state index in [9.17, 15) is 36.5 Å². The Balaban J connectivity index is 0.000000291. The van der Waals surface area contributed by atoms with Gasteiger partial charge < -0.3 is 25.4 Å². The van der Waals surface area contributed by atoms with E-state index >= 15 is 0 Å². The lowest BCUT2D eigenvalue weighted by Crippen LogP contribution is -2.15. The fraction of sp³-hybridized carbons (Fsp3) is 0. The number of para-hydroxylation sites is 2. The summed E-state index contributed by atoms with van der Waals surface area (Å²) in [6.45, 7) is 0. The molecule has 0 unspecified atom stereocenters. The van der Waals surface area contributed by atoms with Crippen molar-refractivity contribution in [2.24, 2.45) is 10.3 Å². The maximum atomic E-state index is 11.8. The van der Waals surface area contributed by atoms with E-state index in [1.54, 1.807) is 0 Å². The topological polar surface area (TPSA) is 283 Å². The number of nitro benzene ring substituents is 1. The minimum atomic E-state index is -4.77. The van der Waals surface area contributed by atoms with Crippen LogP contribution in [0.15, 0.2) is 94.5 Å². The van der Waals surface area contributed by atoms with Crippen LogP contribution in [0.2, 0.25) is 0 Å². The summed E-state index contributed by atoms with van der Waals surface area (Å²) in [6, 6.07) is -5.24. The Labute approximate surface area is 263 Å². The molecule has 44 heavy (non-hydrogen) atoms. The second kappa shape index (κ2) is 13.2. The molecule has 0 atom stereocenters. The molecule has 4 aromatic rings. The number of rotatable bonds is 9. The number of nitrogens with two attached hydrogens (primary N) is 3. The number of nitrogen functional groups attached to an aromatic ring is 1. The first-order valence-electron chi connectivity index (χ1n) is 15.9. The quantitative estimate of drug-likeness (QED) is 0.0984. The maximum absolute atomic E-state index is 11.8. The molecule has 0 amide bonds. The second-order valence-corrected chi connectivity index (χ2v) is 10.8. The maximum Gasteiger partial charge on any atom is 0.335 e. The van der Waals surface area contributed by atoms with E-state index in [-0.39, 0.29) is 0 Å². The van der Waals surface area contributed by atoms with Gasteiger partial charge in [0.2, 0.25) is 25.8 Å². The van der Waals surface area contributed by atoms with Crippen LogP contribution in [0.4, 0.5) is 11.4 Å². The van der Waals surface area contributed by atoms with Gasteiger partial charge in [0.25, 0.3) is 0 Å². The van der Waals surface area contributed by atoms with Gasteiger partial charge in [-0.25, -0.2) is 36.7 Å². The Bertz CT molecular complexity index is 2470. The van der Waals surface area contributed by atoms with Gasteiger partial charge in [-0.3, -0.25) is 10.1 Å². The number of aromatic carboxylic acids is 2. The van der Waals surface area contributed by atoms with Crippen molar-refractivity contribution in [1.82, 2.24) is 0 Å². The smallest absolute Gasteiger partial charge is 0.335 e. The minimum absolute atomic E-state index is 0.458. The number of benzene rings is 4. The van der Waals surface area contributed by atoms with E-state index in [2.05, 4.69) is 0 Å². The Morgan fingerprint density at radius 3 is 1.50 bits per heavy atom. The van der Waals surface area contributed by atoms with Gasteiger partial charge in [-0.05, 0) is 42.4 Å². The summed E-state index contributed by atoms with van der Waals surface area (Å²) >= 11 is 0. The Morgan fingerprint density at radius 2 is 1.11 bits per heavy atom. The molecule has 0 aliphatic carbocycles. The number of primary sulfonamides is 2. The van der Waals surface area contributed by atoms with Crippen molar-refractivity contribution in [2.75, 3.05) is 5.73 Å². The van der Waals surface area contributed by atoms with E-state index in [1.807, 2.05) is 0 Å². The number of hydrogen-bond acceptors (Lipinski definition) is 11. The normalized spacial score (nSPS) is 14.2. The third-order valence-electron chi connectivity index (χ3n) is 4.78. The summed E-state index contributed by atoms with van der Waals surface area (Å²) in [6.07, 6.45) is 0. The van der Waals surface area contributed by atoms with Crippen LogP contribution in [0.5, 0.6) is 23.0 Å². The first-order valence-corrected chi connectivity index (χ1v) is 14.0. The zero-order valence-corrected chi connectivity index (χ0v) is 22.9. The number of carboxylic acids is 2. The van der Waals surface area contributed by atoms with Crippen molar-refractivity contribution in [3.05, 3.63) is 106 Å². The largest absolute Gasteiger partial charge is 0.478 e. The summed E-state index contributed by atoms with van der Waals surface area (Å²) in [7, 11) is -9.27. The number of anilines is 1. The third kappa shape index (κ3) is 8.26. The second-order valence-electron chi connectivity index (χ2n) is 7.79. The van der Waals surface area contributed by atoms with Gasteiger partial charge in [-0.1, -0.05) is 36.3 Å². The van der Waals surface area contributed by atoms with Crippen molar-refractivity contribution in [1.29, 1.82) is 0 Å². The van der Waals surface area contributed by atoms with Crippen molar-refractivity contribution < 1.29 is 64.7 Å². The molecule has 0 aliphatic heterocycles. The summed E-state index contributed by atoms with van der Waals surface area (Å²) in [5.41, 5.74) is 2.77. The lowest BCUT2D eigenvalue weighted by atomic mass is 10.2. The predicted molar refractivity (Wildman–Crippen MR) is 154 cm³/mol.